The molecule has 0 unspecified atom stereocenters. The Labute approximate surface area is 166 Å². The summed E-state index contributed by atoms with van der Waals surface area (Å²) < 4.78 is 6.01. The van der Waals surface area contributed by atoms with Gasteiger partial charge in [0, 0.05) is 17.2 Å². The summed E-state index contributed by atoms with van der Waals surface area (Å²) in [4.78, 5) is 11.1. The average molecular weight is 550 g/mol. The smallest absolute Gasteiger partial charge is 0.330 e. The van der Waals surface area contributed by atoms with Crippen LogP contribution in [0.2, 0.25) is 6.04 Å². The van der Waals surface area contributed by atoms with Crippen LogP contribution in [-0.2, 0) is 9.53 Å². The van der Waals surface area contributed by atoms with Crippen molar-refractivity contribution in [3.63, 3.8) is 0 Å². The van der Waals surface area contributed by atoms with Crippen molar-refractivity contribution in [2.75, 3.05) is 6.61 Å². The molecule has 0 aliphatic carbocycles. The number of carbonyl (C=O) groups is 1. The minimum atomic E-state index is -0.210. The summed E-state index contributed by atoms with van der Waals surface area (Å²) in [6.45, 7) is 2.40. The van der Waals surface area contributed by atoms with Gasteiger partial charge in [0.25, 0.3) is 0 Å². The number of rotatable bonds is 15. The molecule has 0 atom stereocenters. The van der Waals surface area contributed by atoms with E-state index in [1.165, 1.54) is 69.9 Å². The van der Waals surface area contributed by atoms with Gasteiger partial charge in [0.2, 0.25) is 0 Å². The second kappa shape index (κ2) is 18.2. The van der Waals surface area contributed by atoms with Crippen molar-refractivity contribution in [2.24, 2.45) is 0 Å². The Hall–Kier alpha value is 0.887. The third-order valence-corrected chi connectivity index (χ3v) is 8.70. The first-order valence-corrected chi connectivity index (χ1v) is 13.0. The molecule has 0 aliphatic rings. The van der Waals surface area contributed by atoms with Gasteiger partial charge >= 0.3 is 5.97 Å². The van der Waals surface area contributed by atoms with Gasteiger partial charge in [-0.3, -0.25) is 0 Å². The molecule has 0 N–H and O–H groups in total. The summed E-state index contributed by atoms with van der Waals surface area (Å²) in [6.07, 6.45) is 16.5. The van der Waals surface area contributed by atoms with E-state index in [1.807, 2.05) is 6.92 Å². The number of halogens is 2. The van der Waals surface area contributed by atoms with Gasteiger partial charge in [-0.25, -0.2) is 4.79 Å². The van der Waals surface area contributed by atoms with E-state index < -0.39 is 0 Å². The van der Waals surface area contributed by atoms with Gasteiger partial charge in [0.05, 0.1) is 6.61 Å². The molecule has 0 heterocycles. The Kier molecular flexibility index (Phi) is 19.0. The zero-order chi connectivity index (χ0) is 16.5. The minimum Gasteiger partial charge on any atom is -0.463 e. The third kappa shape index (κ3) is 18.9. The molecule has 0 spiro atoms. The summed E-state index contributed by atoms with van der Waals surface area (Å²) in [7, 11) is 0.218. The molecule has 0 aliphatic heterocycles. The van der Waals surface area contributed by atoms with Crippen LogP contribution in [0.25, 0.3) is 0 Å². The van der Waals surface area contributed by atoms with E-state index in [4.69, 9.17) is 4.74 Å². The van der Waals surface area contributed by atoms with Crippen LogP contribution in [0.15, 0.2) is 12.2 Å². The van der Waals surface area contributed by atoms with Crippen LogP contribution in [0.4, 0.5) is 0 Å². The van der Waals surface area contributed by atoms with Crippen molar-refractivity contribution in [3.8, 4) is 0 Å². The number of hydrogen-bond donors (Lipinski definition) is 0. The van der Waals surface area contributed by atoms with Gasteiger partial charge in [-0.1, -0.05) is 115 Å². The standard InChI is InChI=1S/C17H32I2O2Si/c1-2-13-16(20)21-14-11-9-7-5-3-4-6-8-10-12-15-22-17(18)19/h2,13,17H,3-12,14-15,22H2,1H3. The topological polar surface area (TPSA) is 26.3 Å². The summed E-state index contributed by atoms with van der Waals surface area (Å²) in [5, 5.41) is 0. The number of hydrogen-bond acceptors (Lipinski definition) is 2. The molecule has 130 valence electrons. The molecule has 22 heavy (non-hydrogen) atoms. The Balaban J connectivity index is 3.07. The van der Waals surface area contributed by atoms with E-state index in [0.29, 0.717) is 6.61 Å². The first-order valence-electron chi connectivity index (χ1n) is 8.74. The van der Waals surface area contributed by atoms with Crippen LogP contribution >= 0.6 is 45.2 Å². The quantitative estimate of drug-likeness (QED) is 0.0649. The Bertz CT molecular complexity index is 284. The predicted molar refractivity (Wildman–Crippen MR) is 117 cm³/mol. The fourth-order valence-electron chi connectivity index (χ4n) is 2.35. The minimum absolute atomic E-state index is 0.210. The number of ether oxygens (including phenoxy) is 1. The largest absolute Gasteiger partial charge is 0.463 e. The Morgan fingerprint density at radius 3 is 1.95 bits per heavy atom. The summed E-state index contributed by atoms with van der Waals surface area (Å²) in [5.41, 5.74) is 0. The number of allylic oxidation sites excluding steroid dienone is 1. The highest BCUT2D eigenvalue weighted by Gasteiger charge is 1.98. The SMILES string of the molecule is CC=CC(=O)OCCCCCCCCCCCC[SiH2]C(I)I. The van der Waals surface area contributed by atoms with Crippen LogP contribution in [0.5, 0.6) is 0 Å². The van der Waals surface area contributed by atoms with Crippen molar-refractivity contribution in [1.29, 1.82) is 0 Å². The van der Waals surface area contributed by atoms with Crippen LogP contribution in [0.1, 0.15) is 71.1 Å². The van der Waals surface area contributed by atoms with E-state index in [1.54, 1.807) is 6.08 Å². The van der Waals surface area contributed by atoms with Gasteiger partial charge in [-0.15, -0.1) is 0 Å². The highest BCUT2D eigenvalue weighted by molar-refractivity contribution is 14.2. The van der Waals surface area contributed by atoms with E-state index in [2.05, 4.69) is 45.2 Å². The maximum Gasteiger partial charge on any atom is 0.330 e. The van der Waals surface area contributed by atoms with Crippen molar-refractivity contribution < 1.29 is 9.53 Å². The molecular formula is C17H32I2O2Si. The van der Waals surface area contributed by atoms with Crippen LogP contribution in [-0.4, -0.2) is 23.7 Å². The molecule has 0 amide bonds. The summed E-state index contributed by atoms with van der Waals surface area (Å²) >= 11 is 5.13. The molecule has 0 radical (unpaired) electrons. The lowest BCUT2D eigenvalue weighted by Gasteiger charge is -2.04. The van der Waals surface area contributed by atoms with Crippen LogP contribution in [0.3, 0.4) is 0 Å². The molecule has 5 heteroatoms. The zero-order valence-electron chi connectivity index (χ0n) is 14.0. The molecule has 0 aromatic heterocycles. The Morgan fingerprint density at radius 1 is 0.955 bits per heavy atom. The van der Waals surface area contributed by atoms with Gasteiger partial charge in [-0.05, 0) is 13.3 Å². The number of alkyl halides is 2. The number of esters is 1. The molecule has 0 rings (SSSR count). The van der Waals surface area contributed by atoms with Crippen molar-refractivity contribution in [3.05, 3.63) is 12.2 Å². The fourth-order valence-corrected chi connectivity index (χ4v) is 5.94. The highest BCUT2D eigenvalue weighted by atomic mass is 127. The number of carbonyl (C=O) groups excluding carboxylic acids is 1. The van der Waals surface area contributed by atoms with Gasteiger partial charge in [0.1, 0.15) is 0 Å². The third-order valence-electron chi connectivity index (χ3n) is 3.61. The van der Waals surface area contributed by atoms with E-state index in [0.717, 1.165) is 7.98 Å². The molecule has 0 aromatic rings. The van der Waals surface area contributed by atoms with Gasteiger partial charge in [-0.2, -0.15) is 0 Å². The molecule has 0 fully saturated rings. The molecular weight excluding hydrogens is 518 g/mol. The normalized spacial score (nSPS) is 12.0. The highest BCUT2D eigenvalue weighted by Crippen LogP contribution is 2.14. The van der Waals surface area contributed by atoms with Gasteiger partial charge in [0.15, 0.2) is 0 Å². The van der Waals surface area contributed by atoms with Crippen molar-refractivity contribution >= 4 is 60.7 Å². The van der Waals surface area contributed by atoms with Crippen LogP contribution < -0.4 is 0 Å². The van der Waals surface area contributed by atoms with Crippen molar-refractivity contribution in [1.82, 2.24) is 0 Å². The second-order valence-corrected chi connectivity index (χ2v) is 16.6. The molecule has 0 saturated carbocycles. The van der Waals surface area contributed by atoms with E-state index >= 15 is 0 Å². The lowest BCUT2D eigenvalue weighted by atomic mass is 10.1. The summed E-state index contributed by atoms with van der Waals surface area (Å²) in [5.74, 6) is -0.210. The lowest BCUT2D eigenvalue weighted by Crippen LogP contribution is -2.01. The molecule has 0 saturated heterocycles. The number of unbranched alkanes of at least 4 members (excludes halogenated alkanes) is 9. The molecule has 0 bridgehead atoms. The zero-order valence-corrected chi connectivity index (χ0v) is 19.7. The lowest BCUT2D eigenvalue weighted by molar-refractivity contribution is -0.137. The van der Waals surface area contributed by atoms with Crippen molar-refractivity contribution in [2.45, 2.75) is 78.7 Å². The van der Waals surface area contributed by atoms with E-state index in [9.17, 15) is 4.79 Å². The first-order chi connectivity index (χ1) is 10.7. The predicted octanol–water partition coefficient (Wildman–Crippen LogP) is 5.75. The molecule has 2 nitrogen and oxygen atoms in total. The maximum absolute atomic E-state index is 11.1. The first kappa shape index (κ1) is 22.9. The second-order valence-electron chi connectivity index (χ2n) is 5.74. The average Bonchev–Trinajstić information content (AvgIpc) is 2.47. The van der Waals surface area contributed by atoms with E-state index in [-0.39, 0.29) is 15.5 Å². The fraction of sp³-hybridized carbons (Fsp3) is 0.824. The molecule has 0 aromatic carbocycles. The monoisotopic (exact) mass is 550 g/mol. The Morgan fingerprint density at radius 2 is 1.45 bits per heavy atom. The maximum atomic E-state index is 11.1. The van der Waals surface area contributed by atoms with Crippen LogP contribution in [0, 0.1) is 0 Å². The van der Waals surface area contributed by atoms with Gasteiger partial charge < -0.3 is 4.74 Å². The summed E-state index contributed by atoms with van der Waals surface area (Å²) in [6, 6.07) is 1.54.